The number of anilines is 1. The van der Waals surface area contributed by atoms with Gasteiger partial charge in [0.1, 0.15) is 36.1 Å². The first kappa shape index (κ1) is 46.2. The van der Waals surface area contributed by atoms with Gasteiger partial charge in [-0.2, -0.15) is 8.62 Å². The average Bonchev–Trinajstić information content (AvgIpc) is 3.73. The summed E-state index contributed by atoms with van der Waals surface area (Å²) in [7, 11) is -17.0. The van der Waals surface area contributed by atoms with E-state index in [9.17, 15) is 48.1 Å². The van der Waals surface area contributed by atoms with Gasteiger partial charge in [-0.15, -0.1) is 0 Å². The fourth-order valence-electron chi connectivity index (χ4n) is 6.03. The van der Waals surface area contributed by atoms with Gasteiger partial charge in [-0.05, 0) is 32.6 Å². The van der Waals surface area contributed by atoms with Crippen molar-refractivity contribution in [2.75, 3.05) is 25.4 Å². The lowest BCUT2D eigenvalue weighted by Crippen LogP contribution is -2.33. The second kappa shape index (κ2) is 20.4. The number of aliphatic hydroxyl groups excluding tert-OH is 2. The molecule has 12 N–H and O–H groups in total. The second-order valence-corrected chi connectivity index (χ2v) is 17.6. The lowest BCUT2D eigenvalue weighted by Gasteiger charge is -2.19. The molecular formula is C30H47N8O16P3. The third kappa shape index (κ3) is 14.4. The maximum absolute atomic E-state index is 12.4. The van der Waals surface area contributed by atoms with Crippen LogP contribution in [0.5, 0.6) is 0 Å². The molecule has 4 rings (SSSR count). The zero-order valence-electron chi connectivity index (χ0n) is 30.6. The number of unbranched alkanes of at least 4 members (excludes halogenated alkanes) is 4. The van der Waals surface area contributed by atoms with Crippen LogP contribution in [0.1, 0.15) is 76.5 Å². The smallest absolute Gasteiger partial charge is 0.387 e. The maximum atomic E-state index is 12.4. The average molecular weight is 869 g/mol. The summed E-state index contributed by atoms with van der Waals surface area (Å²) in [6.45, 7) is 1.40. The number of nitrogen functional groups attached to an aromatic ring is 1. The third-order valence-corrected chi connectivity index (χ3v) is 12.6. The van der Waals surface area contributed by atoms with E-state index in [2.05, 4.69) is 56.2 Å². The number of hydrogen-bond acceptors (Lipinski definition) is 15. The number of nitrogens with zero attached hydrogens (tertiary/aromatic N) is 3. The molecule has 0 saturated carbocycles. The number of phosphoric acid groups is 3. The van der Waals surface area contributed by atoms with Crippen molar-refractivity contribution in [1.29, 1.82) is 0 Å². The number of aromatic nitrogens is 3. The fourth-order valence-corrected chi connectivity index (χ4v) is 9.06. The van der Waals surface area contributed by atoms with Crippen LogP contribution in [0.2, 0.25) is 0 Å². The Labute approximate surface area is 326 Å². The first-order valence-corrected chi connectivity index (χ1v) is 22.3. The molecule has 57 heavy (non-hydrogen) atoms. The maximum Gasteiger partial charge on any atom is 0.490 e. The van der Waals surface area contributed by atoms with E-state index in [1.807, 2.05) is 6.92 Å². The molecule has 0 bridgehead atoms. The van der Waals surface area contributed by atoms with Gasteiger partial charge in [-0.3, -0.25) is 14.1 Å². The van der Waals surface area contributed by atoms with Crippen molar-refractivity contribution in [2.24, 2.45) is 0 Å². The van der Waals surface area contributed by atoms with E-state index >= 15 is 0 Å². The number of aliphatic hydroxyl groups is 2. The summed E-state index contributed by atoms with van der Waals surface area (Å²) in [5.74, 6) is 5.39. The molecular weight excluding hydrogens is 821 g/mol. The molecule has 2 aliphatic rings. The number of ether oxygens (including phenoxy) is 1. The number of carbonyl (C=O) groups is 3. The molecule has 0 aliphatic carbocycles. The van der Waals surface area contributed by atoms with Crippen molar-refractivity contribution in [1.82, 2.24) is 35.8 Å². The number of carbonyl (C=O) groups excluding carboxylic acids is 3. The molecule has 318 valence electrons. The van der Waals surface area contributed by atoms with Crippen molar-refractivity contribution in [2.45, 2.75) is 101 Å². The molecule has 2 saturated heterocycles. The van der Waals surface area contributed by atoms with Crippen LogP contribution in [0.25, 0.3) is 11.0 Å². The minimum atomic E-state index is -5.79. The lowest BCUT2D eigenvalue weighted by molar-refractivity contribution is -0.122. The molecule has 0 aromatic carbocycles. The summed E-state index contributed by atoms with van der Waals surface area (Å²) >= 11 is 0. The quantitative estimate of drug-likeness (QED) is 0.0451. The molecule has 2 fully saturated rings. The number of rotatable bonds is 21. The minimum Gasteiger partial charge on any atom is -0.387 e. The van der Waals surface area contributed by atoms with Crippen molar-refractivity contribution in [3.05, 3.63) is 18.1 Å². The van der Waals surface area contributed by atoms with Gasteiger partial charge in [0.2, 0.25) is 11.8 Å². The van der Waals surface area contributed by atoms with Crippen molar-refractivity contribution in [3.63, 3.8) is 0 Å². The highest BCUT2D eigenvalue weighted by Gasteiger charge is 2.47. The second-order valence-electron chi connectivity index (χ2n) is 13.2. The molecule has 2 unspecified atom stereocenters. The van der Waals surface area contributed by atoms with Gasteiger partial charge < -0.3 is 66.1 Å². The number of hydrogen-bond donors (Lipinski definition) is 11. The van der Waals surface area contributed by atoms with E-state index in [-0.39, 0.29) is 65.3 Å². The molecule has 0 spiro atoms. The van der Waals surface area contributed by atoms with Crippen molar-refractivity contribution in [3.8, 4) is 11.8 Å². The molecule has 8 atom stereocenters. The predicted octanol–water partition coefficient (Wildman–Crippen LogP) is 0.141. The highest BCUT2D eigenvalue weighted by molar-refractivity contribution is 7.66. The van der Waals surface area contributed by atoms with E-state index in [0.717, 1.165) is 38.4 Å². The van der Waals surface area contributed by atoms with E-state index in [0.29, 0.717) is 25.8 Å². The SMILES string of the molecule is C[C@@H]1NC(=O)N[C@@H]1CCCCCC(=O)NCCCCCC(=O)NCC#Cc1cn([C@@H]2O[C@H](COP(=O)(O)OP(=O)(O)OP(=O)(O)O)[C@@H](O)[C@H]2O)c2ncnc(N)c12. The Morgan fingerprint density at radius 2 is 1.63 bits per heavy atom. The van der Waals surface area contributed by atoms with Crippen LogP contribution in [0.3, 0.4) is 0 Å². The van der Waals surface area contributed by atoms with Gasteiger partial charge in [0.15, 0.2) is 6.23 Å². The van der Waals surface area contributed by atoms with Crippen LogP contribution in [-0.2, 0) is 41.2 Å². The third-order valence-electron chi connectivity index (χ3n) is 8.77. The van der Waals surface area contributed by atoms with E-state index in [4.69, 9.17) is 20.3 Å². The Morgan fingerprint density at radius 1 is 0.947 bits per heavy atom. The van der Waals surface area contributed by atoms with Gasteiger partial charge >= 0.3 is 29.5 Å². The topological polar surface area (TPSA) is 366 Å². The normalized spacial score (nSPS) is 24.2. The molecule has 2 aromatic heterocycles. The summed E-state index contributed by atoms with van der Waals surface area (Å²) in [6.07, 6.45) is 2.19. The van der Waals surface area contributed by atoms with Crippen LogP contribution >= 0.6 is 23.5 Å². The highest BCUT2D eigenvalue weighted by Crippen LogP contribution is 2.66. The molecule has 27 heteroatoms. The number of amides is 4. The van der Waals surface area contributed by atoms with E-state index in [1.165, 1.54) is 10.8 Å². The summed E-state index contributed by atoms with van der Waals surface area (Å²) < 4.78 is 53.3. The summed E-state index contributed by atoms with van der Waals surface area (Å²) in [6, 6.07) is 0.0742. The van der Waals surface area contributed by atoms with Gasteiger partial charge in [0.25, 0.3) is 0 Å². The molecule has 0 radical (unpaired) electrons. The highest BCUT2D eigenvalue weighted by atomic mass is 31.3. The van der Waals surface area contributed by atoms with E-state index < -0.39 is 54.6 Å². The molecule has 24 nitrogen and oxygen atoms in total. The monoisotopic (exact) mass is 868 g/mol. The largest absolute Gasteiger partial charge is 0.490 e. The molecule has 2 aromatic rings. The first-order valence-electron chi connectivity index (χ1n) is 17.8. The van der Waals surface area contributed by atoms with Crippen LogP contribution in [0, 0.1) is 11.8 Å². The predicted molar refractivity (Wildman–Crippen MR) is 197 cm³/mol. The Balaban J connectivity index is 1.19. The Hall–Kier alpha value is -3.52. The van der Waals surface area contributed by atoms with E-state index in [1.54, 1.807) is 0 Å². The Bertz CT molecular complexity index is 1950. The summed E-state index contributed by atoms with van der Waals surface area (Å²) in [5.41, 5.74) is 6.44. The van der Waals surface area contributed by atoms with Crippen LogP contribution in [-0.4, -0.2) is 112 Å². The molecule has 2 aliphatic heterocycles. The van der Waals surface area contributed by atoms with Crippen LogP contribution < -0.4 is 27.0 Å². The number of nitrogens with one attached hydrogen (secondary N) is 4. The molecule has 4 heterocycles. The Kier molecular flexibility index (Phi) is 16.6. The number of urea groups is 1. The van der Waals surface area contributed by atoms with Crippen molar-refractivity contribution >= 4 is 58.2 Å². The van der Waals surface area contributed by atoms with Crippen molar-refractivity contribution < 1.29 is 75.7 Å². The van der Waals surface area contributed by atoms with Gasteiger partial charge in [0.05, 0.1) is 30.1 Å². The standard InChI is InChI=1S/C30H47N8O16P3/c1-18-20(37-30(43)36-18)10-4-2-5-11-22(39)32-13-7-3-6-12-23(40)33-14-8-9-19-15-38(28-24(19)27(31)34-17-35-28)29-26(42)25(41)21(52-29)16-51-56(47,48)54-57(49,50)53-55(44,45)46/h15,17-18,20-21,25-26,29,41-42H,2-7,10-14,16H2,1H3,(H,32,39)(H,33,40)(H,47,48)(H,49,50)(H2,31,34,35)(H2,36,37,43)(H2,44,45,46)/t18-,20+,21+,25+,26+,29+/m0/s1. The summed E-state index contributed by atoms with van der Waals surface area (Å²) in [4.78, 5) is 80.4. The fraction of sp³-hybridized carbons (Fsp3) is 0.633. The lowest BCUT2D eigenvalue weighted by atomic mass is 10.0. The van der Waals surface area contributed by atoms with Gasteiger partial charge in [-0.25, -0.2) is 28.5 Å². The number of phosphoric ester groups is 1. The molecule has 4 amide bonds. The van der Waals surface area contributed by atoms with Gasteiger partial charge in [0, 0.05) is 31.6 Å². The zero-order chi connectivity index (χ0) is 42.0. The van der Waals surface area contributed by atoms with Crippen LogP contribution in [0.4, 0.5) is 10.6 Å². The van der Waals surface area contributed by atoms with Gasteiger partial charge in [-0.1, -0.05) is 31.1 Å². The summed E-state index contributed by atoms with van der Waals surface area (Å²) in [5, 5.41) is 32.9. The zero-order valence-corrected chi connectivity index (χ0v) is 33.3. The minimum absolute atomic E-state index is 0.000137. The Morgan fingerprint density at radius 3 is 2.30 bits per heavy atom. The number of fused-ring (bicyclic) bond motifs is 1. The number of nitrogens with two attached hydrogens (primary N) is 1. The van der Waals surface area contributed by atoms with Crippen LogP contribution in [0.15, 0.2) is 12.5 Å². The first-order chi connectivity index (χ1) is 26.7.